The van der Waals surface area contributed by atoms with Gasteiger partial charge in [-0.2, -0.15) is 10.2 Å². The lowest BCUT2D eigenvalue weighted by atomic mass is 10.2. The van der Waals surface area contributed by atoms with Crippen LogP contribution in [0.3, 0.4) is 0 Å². The van der Waals surface area contributed by atoms with E-state index in [0.29, 0.717) is 6.04 Å². The molecule has 6 nitrogen and oxygen atoms in total. The van der Waals surface area contributed by atoms with Gasteiger partial charge < -0.3 is 4.98 Å². The zero-order chi connectivity index (χ0) is 16.8. The van der Waals surface area contributed by atoms with Crippen LogP contribution >= 0.6 is 0 Å². The second-order valence-corrected chi connectivity index (χ2v) is 6.76. The van der Waals surface area contributed by atoms with Crippen LogP contribution in [0, 0.1) is 6.92 Å². The van der Waals surface area contributed by atoms with E-state index in [2.05, 4.69) is 19.9 Å². The maximum absolute atomic E-state index is 4.85. The summed E-state index contributed by atoms with van der Waals surface area (Å²) in [5.41, 5.74) is 4.98. The van der Waals surface area contributed by atoms with Gasteiger partial charge in [0.15, 0.2) is 5.65 Å². The zero-order valence-corrected chi connectivity index (χ0v) is 14.2. The molecule has 1 aliphatic rings. The minimum atomic E-state index is 0.488. The molecule has 0 unspecified atom stereocenters. The van der Waals surface area contributed by atoms with Crippen LogP contribution in [-0.2, 0) is 0 Å². The highest BCUT2D eigenvalue weighted by Crippen LogP contribution is 2.32. The normalized spacial score (nSPS) is 15.4. The SMILES string of the molecule is Cc1nn(-c2ccccc2)cc1-c1nc2c(cnn2C2CCCC2)[nH]1. The van der Waals surface area contributed by atoms with Crippen LogP contribution in [-0.4, -0.2) is 29.5 Å². The molecule has 0 radical (unpaired) electrons. The number of hydrogen-bond acceptors (Lipinski definition) is 3. The molecule has 1 aromatic carbocycles. The van der Waals surface area contributed by atoms with Gasteiger partial charge in [-0.05, 0) is 31.9 Å². The van der Waals surface area contributed by atoms with Gasteiger partial charge in [0.1, 0.15) is 11.3 Å². The minimum absolute atomic E-state index is 0.488. The van der Waals surface area contributed by atoms with Crippen molar-refractivity contribution >= 4 is 11.2 Å². The Morgan fingerprint density at radius 3 is 2.72 bits per heavy atom. The number of fused-ring (bicyclic) bond motifs is 1. The second kappa shape index (κ2) is 5.58. The Hall–Kier alpha value is -2.89. The molecule has 5 rings (SSSR count). The maximum atomic E-state index is 4.85. The molecule has 0 saturated heterocycles. The fraction of sp³-hybridized carbons (Fsp3) is 0.316. The molecule has 0 aliphatic heterocycles. The first-order valence-corrected chi connectivity index (χ1v) is 8.85. The third-order valence-corrected chi connectivity index (χ3v) is 5.09. The van der Waals surface area contributed by atoms with Crippen LogP contribution < -0.4 is 0 Å². The summed E-state index contributed by atoms with van der Waals surface area (Å²) in [7, 11) is 0. The summed E-state index contributed by atoms with van der Waals surface area (Å²) < 4.78 is 4.00. The largest absolute Gasteiger partial charge is 0.335 e. The number of imidazole rings is 1. The van der Waals surface area contributed by atoms with Crippen molar-refractivity contribution in [3.63, 3.8) is 0 Å². The number of para-hydroxylation sites is 1. The molecule has 1 aliphatic carbocycles. The molecule has 6 heteroatoms. The quantitative estimate of drug-likeness (QED) is 0.616. The monoisotopic (exact) mass is 332 g/mol. The Kier molecular flexibility index (Phi) is 3.23. The van der Waals surface area contributed by atoms with Gasteiger partial charge in [-0.1, -0.05) is 31.0 Å². The summed E-state index contributed by atoms with van der Waals surface area (Å²) >= 11 is 0. The Bertz CT molecular complexity index is 1020. The van der Waals surface area contributed by atoms with Gasteiger partial charge in [-0.3, -0.25) is 0 Å². The molecule has 0 spiro atoms. The van der Waals surface area contributed by atoms with Gasteiger partial charge in [0.25, 0.3) is 0 Å². The van der Waals surface area contributed by atoms with Crippen molar-refractivity contribution in [2.75, 3.05) is 0 Å². The Labute approximate surface area is 145 Å². The summed E-state index contributed by atoms with van der Waals surface area (Å²) in [6.07, 6.45) is 8.89. The van der Waals surface area contributed by atoms with Crippen LogP contribution in [0.25, 0.3) is 28.2 Å². The number of rotatable bonds is 3. The van der Waals surface area contributed by atoms with Gasteiger partial charge in [-0.15, -0.1) is 0 Å². The minimum Gasteiger partial charge on any atom is -0.335 e. The van der Waals surface area contributed by atoms with Gasteiger partial charge >= 0.3 is 0 Å². The maximum Gasteiger partial charge on any atom is 0.177 e. The van der Waals surface area contributed by atoms with E-state index in [-0.39, 0.29) is 0 Å². The molecule has 126 valence electrons. The van der Waals surface area contributed by atoms with E-state index in [1.807, 2.05) is 54.3 Å². The molecule has 0 bridgehead atoms. The van der Waals surface area contributed by atoms with Crippen molar-refractivity contribution in [3.8, 4) is 17.1 Å². The van der Waals surface area contributed by atoms with Crippen LogP contribution in [0.5, 0.6) is 0 Å². The van der Waals surface area contributed by atoms with Crippen molar-refractivity contribution < 1.29 is 0 Å². The van der Waals surface area contributed by atoms with E-state index < -0.39 is 0 Å². The number of benzene rings is 1. The number of aryl methyl sites for hydroxylation is 1. The topological polar surface area (TPSA) is 64.3 Å². The highest BCUT2D eigenvalue weighted by Gasteiger charge is 2.22. The highest BCUT2D eigenvalue weighted by atomic mass is 15.3. The Balaban J connectivity index is 1.56. The number of hydrogen-bond donors (Lipinski definition) is 1. The van der Waals surface area contributed by atoms with E-state index in [0.717, 1.165) is 33.9 Å². The first kappa shape index (κ1) is 14.5. The summed E-state index contributed by atoms with van der Waals surface area (Å²) in [6, 6.07) is 10.6. The van der Waals surface area contributed by atoms with E-state index >= 15 is 0 Å². The van der Waals surface area contributed by atoms with Crippen LogP contribution in [0.2, 0.25) is 0 Å². The summed E-state index contributed by atoms with van der Waals surface area (Å²) in [5, 5.41) is 9.20. The number of nitrogens with zero attached hydrogens (tertiary/aromatic N) is 5. The van der Waals surface area contributed by atoms with Gasteiger partial charge in [0.2, 0.25) is 0 Å². The average Bonchev–Trinajstić information content (AvgIpc) is 3.38. The number of aromatic nitrogens is 6. The second-order valence-electron chi connectivity index (χ2n) is 6.76. The van der Waals surface area contributed by atoms with Crippen LogP contribution in [0.1, 0.15) is 37.4 Å². The first-order chi connectivity index (χ1) is 12.3. The molecule has 1 fully saturated rings. The molecule has 3 heterocycles. The van der Waals surface area contributed by atoms with Crippen molar-refractivity contribution in [2.24, 2.45) is 0 Å². The molecule has 4 aromatic rings. The van der Waals surface area contributed by atoms with Crippen molar-refractivity contribution in [2.45, 2.75) is 38.6 Å². The fourth-order valence-electron chi connectivity index (χ4n) is 3.77. The van der Waals surface area contributed by atoms with Crippen LogP contribution in [0.15, 0.2) is 42.7 Å². The molecule has 1 saturated carbocycles. The lowest BCUT2D eigenvalue weighted by molar-refractivity contribution is 0.479. The average molecular weight is 332 g/mol. The van der Waals surface area contributed by atoms with Gasteiger partial charge in [-0.25, -0.2) is 14.3 Å². The van der Waals surface area contributed by atoms with E-state index in [4.69, 9.17) is 4.98 Å². The van der Waals surface area contributed by atoms with Gasteiger partial charge in [0, 0.05) is 6.20 Å². The molecular weight excluding hydrogens is 312 g/mol. The first-order valence-electron chi connectivity index (χ1n) is 8.85. The molecule has 0 amide bonds. The Morgan fingerprint density at radius 1 is 1.12 bits per heavy atom. The lowest BCUT2D eigenvalue weighted by Crippen LogP contribution is -2.06. The summed E-state index contributed by atoms with van der Waals surface area (Å²) in [6.45, 7) is 2.02. The summed E-state index contributed by atoms with van der Waals surface area (Å²) in [5.74, 6) is 0.860. The molecule has 1 N–H and O–H groups in total. The fourth-order valence-corrected chi connectivity index (χ4v) is 3.77. The predicted molar refractivity (Wildman–Crippen MR) is 96.7 cm³/mol. The van der Waals surface area contributed by atoms with Crippen molar-refractivity contribution in [3.05, 3.63) is 48.4 Å². The molecule has 25 heavy (non-hydrogen) atoms. The number of nitrogens with one attached hydrogen (secondary N) is 1. The van der Waals surface area contributed by atoms with E-state index in [1.165, 1.54) is 25.7 Å². The third kappa shape index (κ3) is 2.36. The number of aromatic amines is 1. The van der Waals surface area contributed by atoms with E-state index in [1.54, 1.807) is 0 Å². The summed E-state index contributed by atoms with van der Waals surface area (Å²) in [4.78, 5) is 8.26. The number of H-pyrrole nitrogens is 1. The standard InChI is InChI=1S/C19H20N6/c1-13-16(12-24(23-13)14-7-3-2-4-8-14)18-21-17-11-20-25(19(17)22-18)15-9-5-6-10-15/h2-4,7-8,11-12,15H,5-6,9-10H2,1H3,(H,21,22). The van der Waals surface area contributed by atoms with Crippen LogP contribution in [0.4, 0.5) is 0 Å². The third-order valence-electron chi connectivity index (χ3n) is 5.09. The highest BCUT2D eigenvalue weighted by molar-refractivity contribution is 5.76. The smallest absolute Gasteiger partial charge is 0.177 e. The molecule has 0 atom stereocenters. The van der Waals surface area contributed by atoms with Gasteiger partial charge in [0.05, 0.1) is 29.2 Å². The lowest BCUT2D eigenvalue weighted by Gasteiger charge is -2.08. The van der Waals surface area contributed by atoms with E-state index in [9.17, 15) is 0 Å². The molecular formula is C19H20N6. The molecule has 3 aromatic heterocycles. The Morgan fingerprint density at radius 2 is 1.92 bits per heavy atom. The van der Waals surface area contributed by atoms with Crippen molar-refractivity contribution in [1.29, 1.82) is 0 Å². The zero-order valence-electron chi connectivity index (χ0n) is 14.2. The van der Waals surface area contributed by atoms with Crippen molar-refractivity contribution in [1.82, 2.24) is 29.5 Å². The predicted octanol–water partition coefficient (Wildman–Crippen LogP) is 4.04.